The van der Waals surface area contributed by atoms with Gasteiger partial charge in [0.1, 0.15) is 5.60 Å². The molecule has 0 fully saturated rings. The molecule has 0 radical (unpaired) electrons. The smallest absolute Gasteiger partial charge is 0.213 e. The van der Waals surface area contributed by atoms with Crippen LogP contribution in [0.15, 0.2) is 41.5 Å². The molecule has 0 saturated carbocycles. The molecule has 1 aliphatic carbocycles. The van der Waals surface area contributed by atoms with Gasteiger partial charge in [0, 0.05) is 18.0 Å². The Labute approximate surface area is 149 Å². The van der Waals surface area contributed by atoms with Crippen LogP contribution in [0.5, 0.6) is 5.88 Å². The highest BCUT2D eigenvalue weighted by atomic mass is 16.5. The van der Waals surface area contributed by atoms with E-state index in [1.54, 1.807) is 6.20 Å². The van der Waals surface area contributed by atoms with Gasteiger partial charge in [-0.25, -0.2) is 9.98 Å². The lowest BCUT2D eigenvalue weighted by atomic mass is 10.1. The standard InChI is InChI=1S/C20H26N4O/c1-20(2,3)25-18-10-7-14(12-22-18)13-23-19(21)24-17-9-8-15-5-4-6-16(15)11-17/h7-12H,4-6,13H2,1-3H3,(H3,21,23,24). The highest BCUT2D eigenvalue weighted by Crippen LogP contribution is 2.24. The zero-order chi connectivity index (χ0) is 17.9. The van der Waals surface area contributed by atoms with Crippen LogP contribution in [-0.2, 0) is 19.4 Å². The predicted octanol–water partition coefficient (Wildman–Crippen LogP) is 3.67. The van der Waals surface area contributed by atoms with Gasteiger partial charge in [-0.05, 0) is 68.9 Å². The molecule has 132 valence electrons. The van der Waals surface area contributed by atoms with Gasteiger partial charge in [0.25, 0.3) is 0 Å². The van der Waals surface area contributed by atoms with E-state index >= 15 is 0 Å². The molecule has 25 heavy (non-hydrogen) atoms. The molecule has 0 amide bonds. The molecule has 0 aliphatic heterocycles. The summed E-state index contributed by atoms with van der Waals surface area (Å²) >= 11 is 0. The van der Waals surface area contributed by atoms with Crippen LogP contribution in [0.1, 0.15) is 43.9 Å². The van der Waals surface area contributed by atoms with Crippen LogP contribution in [0.2, 0.25) is 0 Å². The number of nitrogens with zero attached hydrogens (tertiary/aromatic N) is 2. The van der Waals surface area contributed by atoms with Crippen LogP contribution in [0.4, 0.5) is 5.69 Å². The number of aromatic nitrogens is 1. The van der Waals surface area contributed by atoms with Crippen molar-refractivity contribution in [1.29, 1.82) is 0 Å². The number of fused-ring (bicyclic) bond motifs is 1. The van der Waals surface area contributed by atoms with Crippen LogP contribution >= 0.6 is 0 Å². The minimum atomic E-state index is -0.253. The number of nitrogens with one attached hydrogen (secondary N) is 1. The van der Waals surface area contributed by atoms with E-state index in [1.807, 2.05) is 32.9 Å². The van der Waals surface area contributed by atoms with E-state index in [2.05, 4.69) is 33.5 Å². The first-order chi connectivity index (χ1) is 11.9. The van der Waals surface area contributed by atoms with Gasteiger partial charge in [0.15, 0.2) is 5.96 Å². The van der Waals surface area contributed by atoms with Crippen molar-refractivity contribution in [3.63, 3.8) is 0 Å². The Bertz CT molecular complexity index is 760. The SMILES string of the molecule is CC(C)(C)Oc1ccc(CN=C(N)Nc2ccc3c(c2)CCC3)cn1. The fraction of sp³-hybridized carbons (Fsp3) is 0.400. The summed E-state index contributed by atoms with van der Waals surface area (Å²) in [6, 6.07) is 10.2. The number of nitrogens with two attached hydrogens (primary N) is 1. The maximum absolute atomic E-state index is 6.01. The van der Waals surface area contributed by atoms with Crippen LogP contribution in [-0.4, -0.2) is 16.5 Å². The number of guanidine groups is 1. The summed E-state index contributed by atoms with van der Waals surface area (Å²) in [7, 11) is 0. The fourth-order valence-electron chi connectivity index (χ4n) is 2.89. The van der Waals surface area contributed by atoms with Crippen molar-refractivity contribution in [3.05, 3.63) is 53.2 Å². The molecule has 3 rings (SSSR count). The number of anilines is 1. The summed E-state index contributed by atoms with van der Waals surface area (Å²) in [5.41, 5.74) is 10.6. The summed E-state index contributed by atoms with van der Waals surface area (Å²) in [6.07, 6.45) is 5.34. The largest absolute Gasteiger partial charge is 0.472 e. The van der Waals surface area contributed by atoms with Crippen molar-refractivity contribution in [2.75, 3.05) is 5.32 Å². The molecule has 1 aromatic heterocycles. The fourth-order valence-corrected chi connectivity index (χ4v) is 2.89. The maximum Gasteiger partial charge on any atom is 0.213 e. The van der Waals surface area contributed by atoms with Gasteiger partial charge in [-0.1, -0.05) is 12.1 Å². The Morgan fingerprint density at radius 2 is 2.00 bits per heavy atom. The molecular formula is C20H26N4O. The summed E-state index contributed by atoms with van der Waals surface area (Å²) in [5.74, 6) is 1.03. The maximum atomic E-state index is 6.01. The number of rotatable bonds is 4. The topological polar surface area (TPSA) is 72.5 Å². The number of hydrogen-bond donors (Lipinski definition) is 2. The Kier molecular flexibility index (Phi) is 4.93. The highest BCUT2D eigenvalue weighted by molar-refractivity contribution is 5.92. The van der Waals surface area contributed by atoms with Crippen LogP contribution in [0, 0.1) is 0 Å². The average Bonchev–Trinajstić information content (AvgIpc) is 3.00. The third-order valence-electron chi connectivity index (χ3n) is 4.01. The van der Waals surface area contributed by atoms with Crippen molar-refractivity contribution in [1.82, 2.24) is 4.98 Å². The Hall–Kier alpha value is -2.56. The van der Waals surface area contributed by atoms with E-state index in [-0.39, 0.29) is 5.60 Å². The van der Waals surface area contributed by atoms with Gasteiger partial charge >= 0.3 is 0 Å². The van der Waals surface area contributed by atoms with E-state index in [9.17, 15) is 0 Å². The number of ether oxygens (including phenoxy) is 1. The molecule has 5 nitrogen and oxygen atoms in total. The van der Waals surface area contributed by atoms with Crippen molar-refractivity contribution in [2.45, 2.75) is 52.2 Å². The molecule has 3 N–H and O–H groups in total. The van der Waals surface area contributed by atoms with E-state index in [1.165, 1.54) is 24.0 Å². The molecule has 2 aromatic rings. The third-order valence-corrected chi connectivity index (χ3v) is 4.01. The third kappa shape index (κ3) is 4.95. The van der Waals surface area contributed by atoms with Crippen molar-refractivity contribution in [3.8, 4) is 5.88 Å². The van der Waals surface area contributed by atoms with Crippen LogP contribution in [0.3, 0.4) is 0 Å². The molecule has 0 unspecified atom stereocenters. The van der Waals surface area contributed by atoms with Gasteiger partial charge in [-0.3, -0.25) is 0 Å². The van der Waals surface area contributed by atoms with Crippen molar-refractivity contribution in [2.24, 2.45) is 10.7 Å². The minimum absolute atomic E-state index is 0.253. The molecule has 0 saturated heterocycles. The van der Waals surface area contributed by atoms with Crippen LogP contribution in [0.25, 0.3) is 0 Å². The first-order valence-electron chi connectivity index (χ1n) is 8.72. The minimum Gasteiger partial charge on any atom is -0.472 e. The second kappa shape index (κ2) is 7.13. The first kappa shape index (κ1) is 17.3. The second-order valence-electron chi connectivity index (χ2n) is 7.38. The van der Waals surface area contributed by atoms with E-state index in [4.69, 9.17) is 10.5 Å². The molecule has 5 heteroatoms. The van der Waals surface area contributed by atoms with Crippen molar-refractivity contribution < 1.29 is 4.74 Å². The zero-order valence-corrected chi connectivity index (χ0v) is 15.2. The predicted molar refractivity (Wildman–Crippen MR) is 102 cm³/mol. The molecular weight excluding hydrogens is 312 g/mol. The van der Waals surface area contributed by atoms with Gasteiger partial charge in [0.2, 0.25) is 5.88 Å². The zero-order valence-electron chi connectivity index (χ0n) is 15.2. The van der Waals surface area contributed by atoms with Crippen LogP contribution < -0.4 is 15.8 Å². The van der Waals surface area contributed by atoms with E-state index in [0.717, 1.165) is 17.7 Å². The van der Waals surface area contributed by atoms with Gasteiger partial charge in [0.05, 0.1) is 6.54 Å². The van der Waals surface area contributed by atoms with Gasteiger partial charge in [-0.2, -0.15) is 0 Å². The number of benzene rings is 1. The highest BCUT2D eigenvalue weighted by Gasteiger charge is 2.12. The Balaban J connectivity index is 1.58. The molecule has 1 aliphatic rings. The number of aryl methyl sites for hydroxylation is 2. The van der Waals surface area contributed by atoms with Crippen molar-refractivity contribution >= 4 is 11.6 Å². The second-order valence-corrected chi connectivity index (χ2v) is 7.38. The summed E-state index contributed by atoms with van der Waals surface area (Å²) in [6.45, 7) is 6.47. The normalized spacial score (nSPS) is 14.3. The molecule has 1 aromatic carbocycles. The quantitative estimate of drug-likeness (QED) is 0.659. The number of pyridine rings is 1. The Morgan fingerprint density at radius 1 is 1.20 bits per heavy atom. The lowest BCUT2D eigenvalue weighted by Crippen LogP contribution is -2.23. The Morgan fingerprint density at radius 3 is 2.72 bits per heavy atom. The lowest BCUT2D eigenvalue weighted by Gasteiger charge is -2.20. The average molecular weight is 338 g/mol. The summed E-state index contributed by atoms with van der Waals surface area (Å²) in [5, 5.41) is 3.17. The summed E-state index contributed by atoms with van der Waals surface area (Å²) < 4.78 is 5.71. The van der Waals surface area contributed by atoms with E-state index in [0.29, 0.717) is 18.4 Å². The molecule has 0 atom stereocenters. The molecule has 0 spiro atoms. The number of hydrogen-bond acceptors (Lipinski definition) is 3. The molecule has 1 heterocycles. The van der Waals surface area contributed by atoms with Gasteiger partial charge in [-0.15, -0.1) is 0 Å². The lowest BCUT2D eigenvalue weighted by molar-refractivity contribution is 0.124. The molecule has 0 bridgehead atoms. The first-order valence-corrected chi connectivity index (χ1v) is 8.72. The summed E-state index contributed by atoms with van der Waals surface area (Å²) in [4.78, 5) is 8.70. The van der Waals surface area contributed by atoms with Gasteiger partial charge < -0.3 is 15.8 Å². The van der Waals surface area contributed by atoms with E-state index < -0.39 is 0 Å². The monoisotopic (exact) mass is 338 g/mol. The number of aliphatic imine (C=N–C) groups is 1.